The minimum absolute atomic E-state index is 0.0266. The lowest BCUT2D eigenvalue weighted by Crippen LogP contribution is -2.28. The van der Waals surface area contributed by atoms with Crippen molar-refractivity contribution in [3.63, 3.8) is 0 Å². The van der Waals surface area contributed by atoms with E-state index in [2.05, 4.69) is 17.2 Å². The minimum atomic E-state index is -0.375. The Hall–Kier alpha value is -2.89. The molecule has 2 heterocycles. The van der Waals surface area contributed by atoms with Gasteiger partial charge in [-0.25, -0.2) is 4.98 Å². The van der Waals surface area contributed by atoms with Crippen LogP contribution >= 0.6 is 0 Å². The number of hydrogen-bond donors (Lipinski definition) is 1. The summed E-state index contributed by atoms with van der Waals surface area (Å²) in [5, 5.41) is 2.81. The number of hydrogen-bond acceptors (Lipinski definition) is 4. The molecule has 0 radical (unpaired) electrons. The number of amides is 2. The molecule has 2 amide bonds. The number of aryl methyl sites for hydroxylation is 1. The van der Waals surface area contributed by atoms with Crippen molar-refractivity contribution in [1.82, 2.24) is 4.98 Å². The van der Waals surface area contributed by atoms with Gasteiger partial charge >= 0.3 is 0 Å². The predicted molar refractivity (Wildman–Crippen MR) is 95.7 cm³/mol. The Bertz CT molecular complexity index is 774. The summed E-state index contributed by atoms with van der Waals surface area (Å²) in [7, 11) is 1.53. The normalized spacial score (nSPS) is 16.8. The summed E-state index contributed by atoms with van der Waals surface area (Å²) in [5.74, 6) is -0.0911. The Balaban J connectivity index is 1.67. The van der Waals surface area contributed by atoms with Crippen LogP contribution in [0.4, 0.5) is 11.4 Å². The molecule has 2 aromatic rings. The van der Waals surface area contributed by atoms with Gasteiger partial charge in [0.25, 0.3) is 0 Å². The van der Waals surface area contributed by atoms with Crippen molar-refractivity contribution in [2.75, 3.05) is 23.9 Å². The van der Waals surface area contributed by atoms with Gasteiger partial charge in [-0.05, 0) is 30.2 Å². The molecule has 1 saturated heterocycles. The first kappa shape index (κ1) is 17.0. The second-order valence-electron chi connectivity index (χ2n) is 6.01. The topological polar surface area (TPSA) is 71.5 Å². The zero-order valence-electron chi connectivity index (χ0n) is 14.4. The van der Waals surface area contributed by atoms with Crippen LogP contribution in [-0.2, 0) is 16.0 Å². The third-order valence-corrected chi connectivity index (χ3v) is 4.34. The summed E-state index contributed by atoms with van der Waals surface area (Å²) in [6, 6.07) is 11.3. The van der Waals surface area contributed by atoms with Crippen LogP contribution in [0.1, 0.15) is 18.9 Å². The number of carbonyl (C=O) groups excluding carboxylic acids is 2. The number of nitrogens with zero attached hydrogens (tertiary/aromatic N) is 2. The Kier molecular flexibility index (Phi) is 4.97. The van der Waals surface area contributed by atoms with Gasteiger partial charge in [0.05, 0.1) is 24.9 Å². The van der Waals surface area contributed by atoms with Crippen LogP contribution in [0.3, 0.4) is 0 Å². The van der Waals surface area contributed by atoms with Crippen LogP contribution in [0.5, 0.6) is 5.88 Å². The van der Waals surface area contributed by atoms with Crippen molar-refractivity contribution < 1.29 is 14.3 Å². The maximum Gasteiger partial charge on any atom is 0.229 e. The molecule has 1 aromatic heterocycles. The Morgan fingerprint density at radius 3 is 2.88 bits per heavy atom. The van der Waals surface area contributed by atoms with Gasteiger partial charge in [-0.15, -0.1) is 0 Å². The average Bonchev–Trinajstić information content (AvgIpc) is 3.04. The molecule has 0 spiro atoms. The molecule has 1 N–H and O–H groups in total. The zero-order valence-corrected chi connectivity index (χ0v) is 14.4. The van der Waals surface area contributed by atoms with Crippen molar-refractivity contribution in [1.29, 1.82) is 0 Å². The molecule has 1 aliphatic rings. The monoisotopic (exact) mass is 339 g/mol. The Morgan fingerprint density at radius 2 is 2.20 bits per heavy atom. The molecule has 0 saturated carbocycles. The molecule has 25 heavy (non-hydrogen) atoms. The van der Waals surface area contributed by atoms with E-state index in [9.17, 15) is 9.59 Å². The summed E-state index contributed by atoms with van der Waals surface area (Å²) in [5.41, 5.74) is 2.61. The molecule has 130 valence electrons. The van der Waals surface area contributed by atoms with E-state index in [1.807, 2.05) is 24.3 Å². The number of nitrogens with one attached hydrogen (secondary N) is 1. The highest BCUT2D eigenvalue weighted by Gasteiger charge is 2.35. The van der Waals surface area contributed by atoms with Crippen LogP contribution in [0.2, 0.25) is 0 Å². The Labute approximate surface area is 146 Å². The van der Waals surface area contributed by atoms with Crippen molar-refractivity contribution in [3.05, 3.63) is 48.2 Å². The first-order chi connectivity index (χ1) is 12.1. The van der Waals surface area contributed by atoms with Crippen LogP contribution in [0.15, 0.2) is 42.6 Å². The molecular formula is C19H21N3O3. The second-order valence-corrected chi connectivity index (χ2v) is 6.01. The molecule has 1 unspecified atom stereocenters. The number of ether oxygens (including phenoxy) is 1. The number of aromatic nitrogens is 1. The summed E-state index contributed by atoms with van der Waals surface area (Å²) >= 11 is 0. The molecule has 1 atom stereocenters. The number of benzene rings is 1. The van der Waals surface area contributed by atoms with E-state index in [4.69, 9.17) is 4.74 Å². The molecule has 6 heteroatoms. The third-order valence-electron chi connectivity index (χ3n) is 4.34. The van der Waals surface area contributed by atoms with E-state index >= 15 is 0 Å². The van der Waals surface area contributed by atoms with Crippen LogP contribution in [0.25, 0.3) is 0 Å². The van der Waals surface area contributed by atoms with E-state index in [0.717, 1.165) is 12.1 Å². The van der Waals surface area contributed by atoms with Crippen molar-refractivity contribution in [3.8, 4) is 5.88 Å². The molecule has 0 bridgehead atoms. The summed E-state index contributed by atoms with van der Waals surface area (Å²) in [6.45, 7) is 2.46. The first-order valence-corrected chi connectivity index (χ1v) is 8.31. The minimum Gasteiger partial charge on any atom is -0.481 e. The first-order valence-electron chi connectivity index (χ1n) is 8.31. The smallest absolute Gasteiger partial charge is 0.229 e. The predicted octanol–water partition coefficient (Wildman–Crippen LogP) is 2.64. The van der Waals surface area contributed by atoms with E-state index in [1.54, 1.807) is 17.0 Å². The molecule has 1 aliphatic heterocycles. The molecular weight excluding hydrogens is 318 g/mol. The standard InChI is InChI=1S/C19H21N3O3/c1-3-13-5-4-6-16(9-13)22-12-14(10-18(22)23)19(24)21-15-7-8-17(25-2)20-11-15/h4-9,11,14H,3,10,12H2,1-2H3,(H,21,24). The lowest BCUT2D eigenvalue weighted by atomic mass is 10.1. The van der Waals surface area contributed by atoms with Crippen molar-refractivity contribution >= 4 is 23.2 Å². The maximum atomic E-state index is 12.5. The summed E-state index contributed by atoms with van der Waals surface area (Å²) < 4.78 is 4.99. The second kappa shape index (κ2) is 7.34. The zero-order chi connectivity index (χ0) is 17.8. The maximum absolute atomic E-state index is 12.5. The highest BCUT2D eigenvalue weighted by molar-refractivity contribution is 6.03. The fourth-order valence-corrected chi connectivity index (χ4v) is 2.90. The third kappa shape index (κ3) is 3.79. The molecule has 0 aliphatic carbocycles. The lowest BCUT2D eigenvalue weighted by molar-refractivity contribution is -0.122. The summed E-state index contributed by atoms with van der Waals surface area (Å²) in [4.78, 5) is 30.6. The summed E-state index contributed by atoms with van der Waals surface area (Å²) in [6.07, 6.45) is 2.66. The average molecular weight is 339 g/mol. The van der Waals surface area contributed by atoms with E-state index < -0.39 is 0 Å². The lowest BCUT2D eigenvalue weighted by Gasteiger charge is -2.17. The van der Waals surface area contributed by atoms with Gasteiger partial charge in [-0.2, -0.15) is 0 Å². The fraction of sp³-hybridized carbons (Fsp3) is 0.316. The van der Waals surface area contributed by atoms with Crippen LogP contribution in [0, 0.1) is 5.92 Å². The SMILES string of the molecule is CCc1cccc(N2CC(C(=O)Nc3ccc(OC)nc3)CC2=O)c1. The van der Waals surface area contributed by atoms with E-state index in [0.29, 0.717) is 18.1 Å². The van der Waals surface area contributed by atoms with E-state index in [-0.39, 0.29) is 24.2 Å². The number of pyridine rings is 1. The Morgan fingerprint density at radius 1 is 1.36 bits per heavy atom. The number of carbonyl (C=O) groups is 2. The number of rotatable bonds is 5. The van der Waals surface area contributed by atoms with Crippen molar-refractivity contribution in [2.45, 2.75) is 19.8 Å². The van der Waals surface area contributed by atoms with Gasteiger partial charge in [-0.3, -0.25) is 9.59 Å². The fourth-order valence-electron chi connectivity index (χ4n) is 2.90. The van der Waals surface area contributed by atoms with E-state index in [1.165, 1.54) is 18.9 Å². The van der Waals surface area contributed by atoms with Gasteiger partial charge in [0.2, 0.25) is 17.7 Å². The molecule has 1 fully saturated rings. The van der Waals surface area contributed by atoms with Gasteiger partial charge < -0.3 is 15.0 Å². The molecule has 1 aromatic carbocycles. The van der Waals surface area contributed by atoms with Gasteiger partial charge in [0.1, 0.15) is 0 Å². The highest BCUT2D eigenvalue weighted by Crippen LogP contribution is 2.27. The van der Waals surface area contributed by atoms with Gasteiger partial charge in [-0.1, -0.05) is 19.1 Å². The number of methoxy groups -OCH3 is 1. The molecule has 3 rings (SSSR count). The highest BCUT2D eigenvalue weighted by atomic mass is 16.5. The largest absolute Gasteiger partial charge is 0.481 e. The quantitative estimate of drug-likeness (QED) is 0.909. The molecule has 6 nitrogen and oxygen atoms in total. The van der Waals surface area contributed by atoms with Crippen molar-refractivity contribution in [2.24, 2.45) is 5.92 Å². The van der Waals surface area contributed by atoms with Crippen LogP contribution in [-0.4, -0.2) is 30.5 Å². The van der Waals surface area contributed by atoms with Crippen LogP contribution < -0.4 is 15.0 Å². The van der Waals surface area contributed by atoms with Gasteiger partial charge in [0.15, 0.2) is 0 Å². The van der Waals surface area contributed by atoms with Gasteiger partial charge in [0, 0.05) is 24.7 Å². The number of anilines is 2.